The van der Waals surface area contributed by atoms with E-state index in [1.165, 1.54) is 18.3 Å². The van der Waals surface area contributed by atoms with Crippen molar-refractivity contribution in [2.45, 2.75) is 64.8 Å². The van der Waals surface area contributed by atoms with Gasteiger partial charge in [-0.1, -0.05) is 26.0 Å². The van der Waals surface area contributed by atoms with Crippen LogP contribution in [-0.2, 0) is 10.5 Å². The van der Waals surface area contributed by atoms with Gasteiger partial charge in [-0.2, -0.15) is 8.78 Å². The number of aliphatic hydroxyl groups is 1. The summed E-state index contributed by atoms with van der Waals surface area (Å²) < 4.78 is 57.8. The lowest BCUT2D eigenvalue weighted by atomic mass is 9.91. The minimum absolute atomic E-state index is 0.0107. The molecule has 3 rings (SSSR count). The molecule has 34 heavy (non-hydrogen) atoms. The Morgan fingerprint density at radius 1 is 1.15 bits per heavy atom. The zero-order chi connectivity index (χ0) is 25.6. The van der Waals surface area contributed by atoms with Gasteiger partial charge in [-0.05, 0) is 46.5 Å². The van der Waals surface area contributed by atoms with Gasteiger partial charge in [0.15, 0.2) is 0 Å². The first-order valence-electron chi connectivity index (χ1n) is 10.9. The van der Waals surface area contributed by atoms with E-state index >= 15 is 4.39 Å². The number of nitrogens with zero attached hydrogens (tertiary/aromatic N) is 3. The molecule has 0 saturated heterocycles. The van der Waals surface area contributed by atoms with Crippen LogP contribution in [0.3, 0.4) is 0 Å². The predicted molar refractivity (Wildman–Crippen MR) is 129 cm³/mol. The Hall–Kier alpha value is -2.51. The second-order valence-corrected chi connectivity index (χ2v) is 12.9. The molecule has 0 aliphatic rings. The van der Waals surface area contributed by atoms with Crippen molar-refractivity contribution in [3.05, 3.63) is 53.2 Å². The summed E-state index contributed by atoms with van der Waals surface area (Å²) >= 11 is 0. The van der Waals surface area contributed by atoms with E-state index in [9.17, 15) is 18.5 Å². The lowest BCUT2D eigenvalue weighted by molar-refractivity contribution is -0.170. The highest BCUT2D eigenvalue weighted by atomic mass is 31.2. The fraction of sp³-hybridized carbons (Fsp3) is 0.458. The number of alkyl halides is 2. The summed E-state index contributed by atoms with van der Waals surface area (Å²) in [6.07, 6.45) is 1.53. The number of hydrogen-bond donors (Lipinski definition) is 2. The molecule has 2 unspecified atom stereocenters. The van der Waals surface area contributed by atoms with Crippen molar-refractivity contribution in [3.8, 4) is 0 Å². The van der Waals surface area contributed by atoms with Crippen molar-refractivity contribution in [2.75, 3.05) is 12.0 Å². The van der Waals surface area contributed by atoms with Crippen molar-refractivity contribution in [3.63, 3.8) is 0 Å². The fourth-order valence-corrected chi connectivity index (χ4v) is 4.70. The van der Waals surface area contributed by atoms with Gasteiger partial charge in [0.1, 0.15) is 35.6 Å². The third kappa shape index (κ3) is 4.68. The number of fused-ring (bicyclic) bond motifs is 1. The van der Waals surface area contributed by atoms with E-state index < -0.39 is 36.1 Å². The van der Waals surface area contributed by atoms with Crippen molar-refractivity contribution in [2.24, 2.45) is 0 Å². The largest absolute Gasteiger partial charge is 0.384 e. The molecule has 0 fully saturated rings. The van der Waals surface area contributed by atoms with Crippen LogP contribution in [0, 0.1) is 12.7 Å². The van der Waals surface area contributed by atoms with Gasteiger partial charge in [-0.15, -0.1) is 0 Å². The van der Waals surface area contributed by atoms with E-state index in [0.29, 0.717) is 28.0 Å². The summed E-state index contributed by atoms with van der Waals surface area (Å²) in [5.74, 6) is -4.13. The van der Waals surface area contributed by atoms with Crippen molar-refractivity contribution >= 4 is 29.3 Å². The molecule has 0 aliphatic carbocycles. The standard InChI is InChI=1S/C24H30F3N4O2P/c1-13(2)34(7,33)20-11-17-19(12-28-20)30-15(4)31-22(17)29-14(3)16-9-8-10-18(21(16)25)24(26,27)23(5,6)32/h8-14,32H,1-7H3,(H,29,30,31). The molecule has 0 amide bonds. The van der Waals surface area contributed by atoms with Crippen LogP contribution < -0.4 is 10.8 Å². The second kappa shape index (κ2) is 8.93. The Bertz CT molecular complexity index is 1280. The molecule has 0 aliphatic heterocycles. The summed E-state index contributed by atoms with van der Waals surface area (Å²) in [4.78, 5) is 13.1. The van der Waals surface area contributed by atoms with Crippen LogP contribution in [0.1, 0.15) is 57.6 Å². The summed E-state index contributed by atoms with van der Waals surface area (Å²) in [5, 5.41) is 13.5. The number of hydrogen-bond acceptors (Lipinski definition) is 6. The van der Waals surface area contributed by atoms with Crippen LogP contribution in [0.5, 0.6) is 0 Å². The molecule has 3 aromatic rings. The monoisotopic (exact) mass is 494 g/mol. The van der Waals surface area contributed by atoms with Gasteiger partial charge in [0, 0.05) is 16.6 Å². The third-order valence-electron chi connectivity index (χ3n) is 6.07. The van der Waals surface area contributed by atoms with E-state index in [1.807, 2.05) is 13.8 Å². The number of nitrogens with one attached hydrogen (secondary N) is 1. The number of rotatable bonds is 7. The molecule has 0 radical (unpaired) electrons. The van der Waals surface area contributed by atoms with Crippen molar-refractivity contribution in [1.82, 2.24) is 15.0 Å². The van der Waals surface area contributed by atoms with Gasteiger partial charge in [-0.25, -0.2) is 14.4 Å². The molecule has 6 nitrogen and oxygen atoms in total. The smallest absolute Gasteiger partial charge is 0.303 e. The Balaban J connectivity index is 2.08. The Morgan fingerprint density at radius 3 is 2.38 bits per heavy atom. The van der Waals surface area contributed by atoms with Gasteiger partial charge in [0.05, 0.1) is 23.3 Å². The molecule has 10 heteroatoms. The SMILES string of the molecule is Cc1nc(NC(C)c2cccc(C(F)(F)C(C)(C)O)c2F)c2cc(P(C)(=O)C(C)C)ncc2n1. The molecule has 2 aromatic heterocycles. The minimum Gasteiger partial charge on any atom is -0.384 e. The van der Waals surface area contributed by atoms with E-state index in [1.54, 1.807) is 26.6 Å². The van der Waals surface area contributed by atoms with E-state index in [0.717, 1.165) is 19.9 Å². The van der Waals surface area contributed by atoms with Crippen molar-refractivity contribution in [1.29, 1.82) is 0 Å². The van der Waals surface area contributed by atoms with Crippen LogP contribution in [0.4, 0.5) is 19.0 Å². The zero-order valence-corrected chi connectivity index (χ0v) is 21.2. The normalized spacial score (nSPS) is 15.4. The van der Waals surface area contributed by atoms with Gasteiger partial charge >= 0.3 is 5.92 Å². The number of benzene rings is 1. The second-order valence-electron chi connectivity index (χ2n) is 9.47. The maximum Gasteiger partial charge on any atom is 0.303 e. The zero-order valence-electron chi connectivity index (χ0n) is 20.3. The van der Waals surface area contributed by atoms with Crippen LogP contribution in [0.25, 0.3) is 10.9 Å². The Kier molecular flexibility index (Phi) is 6.86. The fourth-order valence-electron chi connectivity index (χ4n) is 3.49. The molecule has 2 heterocycles. The summed E-state index contributed by atoms with van der Waals surface area (Å²) in [6.45, 7) is 10.6. The van der Waals surface area contributed by atoms with Gasteiger partial charge in [-0.3, -0.25) is 4.98 Å². The number of aryl methyl sites for hydroxylation is 1. The quantitative estimate of drug-likeness (QED) is 0.420. The highest BCUT2D eigenvalue weighted by Gasteiger charge is 2.49. The first-order chi connectivity index (χ1) is 15.6. The maximum atomic E-state index is 15.2. The Morgan fingerprint density at radius 2 is 1.79 bits per heavy atom. The molecule has 0 bridgehead atoms. The minimum atomic E-state index is -3.80. The third-order valence-corrected chi connectivity index (χ3v) is 9.20. The number of pyridine rings is 1. The van der Waals surface area contributed by atoms with Crippen molar-refractivity contribution < 1.29 is 22.8 Å². The molecule has 2 N–H and O–H groups in total. The summed E-state index contributed by atoms with van der Waals surface area (Å²) in [5.41, 5.74) is -2.52. The number of halogens is 3. The van der Waals surface area contributed by atoms with Crippen LogP contribution in [0.2, 0.25) is 0 Å². The van der Waals surface area contributed by atoms with Gasteiger partial charge < -0.3 is 15.0 Å². The summed E-state index contributed by atoms with van der Waals surface area (Å²) in [6, 6.07) is 4.60. The lowest BCUT2D eigenvalue weighted by Crippen LogP contribution is -2.41. The molecule has 0 saturated carbocycles. The number of aromatic nitrogens is 3. The Labute approximate surface area is 197 Å². The lowest BCUT2D eigenvalue weighted by Gasteiger charge is -2.30. The molecule has 0 spiro atoms. The molecular weight excluding hydrogens is 464 g/mol. The first-order valence-corrected chi connectivity index (χ1v) is 13.2. The molecular formula is C24H30F3N4O2P. The summed E-state index contributed by atoms with van der Waals surface area (Å²) in [7, 11) is -2.76. The average molecular weight is 494 g/mol. The molecule has 2 atom stereocenters. The maximum absolute atomic E-state index is 15.2. The van der Waals surface area contributed by atoms with Gasteiger partial charge in [0.2, 0.25) is 0 Å². The molecule has 1 aromatic carbocycles. The van der Waals surface area contributed by atoms with E-state index in [2.05, 4.69) is 20.3 Å². The predicted octanol–water partition coefficient (Wildman–Crippen LogP) is 5.53. The van der Waals surface area contributed by atoms with E-state index in [4.69, 9.17) is 0 Å². The first kappa shape index (κ1) is 26.1. The molecule has 184 valence electrons. The topological polar surface area (TPSA) is 88.0 Å². The van der Waals surface area contributed by atoms with E-state index in [-0.39, 0.29) is 11.2 Å². The van der Waals surface area contributed by atoms with Gasteiger partial charge in [0.25, 0.3) is 0 Å². The highest BCUT2D eigenvalue weighted by molar-refractivity contribution is 7.71. The average Bonchev–Trinajstić information content (AvgIpc) is 2.72. The van der Waals surface area contributed by atoms with Crippen LogP contribution in [0.15, 0.2) is 30.5 Å². The van der Waals surface area contributed by atoms with Crippen LogP contribution >= 0.6 is 7.14 Å². The number of anilines is 1. The van der Waals surface area contributed by atoms with Crippen LogP contribution in [-0.4, -0.2) is 38.0 Å². The highest BCUT2D eigenvalue weighted by Crippen LogP contribution is 2.45.